The maximum absolute atomic E-state index is 13.3. The third kappa shape index (κ3) is 3.90. The predicted molar refractivity (Wildman–Crippen MR) is 75.5 cm³/mol. The van der Waals surface area contributed by atoms with Crippen molar-refractivity contribution in [3.8, 4) is 0 Å². The smallest absolute Gasteiger partial charge is 0.248 e. The zero-order chi connectivity index (χ0) is 14.5. The van der Waals surface area contributed by atoms with E-state index in [1.807, 2.05) is 0 Å². The molecule has 0 fully saturated rings. The molecule has 20 heavy (non-hydrogen) atoms. The fraction of sp³-hybridized carbons (Fsp3) is 0. The quantitative estimate of drug-likeness (QED) is 0.841. The summed E-state index contributed by atoms with van der Waals surface area (Å²) in [4.78, 5) is 11.6. The van der Waals surface area contributed by atoms with Crippen LogP contribution in [0.1, 0.15) is 5.56 Å². The molecule has 2 rings (SSSR count). The van der Waals surface area contributed by atoms with E-state index in [1.165, 1.54) is 12.2 Å². The summed E-state index contributed by atoms with van der Waals surface area (Å²) in [6, 6.07) is 9.73. The Morgan fingerprint density at radius 3 is 2.70 bits per heavy atom. The summed E-state index contributed by atoms with van der Waals surface area (Å²) in [5.74, 6) is -1.88. The highest BCUT2D eigenvalue weighted by atomic mass is 35.5. The van der Waals surface area contributed by atoms with Gasteiger partial charge in [0.2, 0.25) is 5.91 Å². The van der Waals surface area contributed by atoms with E-state index in [1.54, 1.807) is 24.3 Å². The third-order valence-corrected chi connectivity index (χ3v) is 2.70. The molecule has 0 aliphatic heterocycles. The first kappa shape index (κ1) is 14.2. The Labute approximate surface area is 119 Å². The number of nitrogens with one attached hydrogen (secondary N) is 1. The van der Waals surface area contributed by atoms with Crippen molar-refractivity contribution >= 4 is 29.3 Å². The molecule has 102 valence electrons. The van der Waals surface area contributed by atoms with Crippen LogP contribution in [0.2, 0.25) is 5.02 Å². The predicted octanol–water partition coefficient (Wildman–Crippen LogP) is 4.27. The van der Waals surface area contributed by atoms with Crippen molar-refractivity contribution in [2.75, 3.05) is 5.32 Å². The lowest BCUT2D eigenvalue weighted by atomic mass is 10.2. The molecule has 0 unspecified atom stereocenters. The molecule has 0 saturated carbocycles. The van der Waals surface area contributed by atoms with Crippen LogP contribution < -0.4 is 5.32 Å². The average molecular weight is 294 g/mol. The third-order valence-electron chi connectivity index (χ3n) is 2.46. The summed E-state index contributed by atoms with van der Waals surface area (Å²) in [7, 11) is 0. The first-order chi connectivity index (χ1) is 9.54. The zero-order valence-electron chi connectivity index (χ0n) is 10.2. The van der Waals surface area contributed by atoms with Crippen LogP contribution in [-0.4, -0.2) is 5.91 Å². The summed E-state index contributed by atoms with van der Waals surface area (Å²) in [5.41, 5.74) is 0.526. The van der Waals surface area contributed by atoms with Gasteiger partial charge in [0, 0.05) is 17.2 Å². The molecular weight excluding hydrogens is 284 g/mol. The van der Waals surface area contributed by atoms with Crippen molar-refractivity contribution < 1.29 is 13.6 Å². The molecule has 0 bridgehead atoms. The molecule has 1 amide bonds. The largest absolute Gasteiger partial charge is 0.320 e. The fourth-order valence-corrected chi connectivity index (χ4v) is 1.75. The maximum Gasteiger partial charge on any atom is 0.248 e. The minimum atomic E-state index is -0.698. The van der Waals surface area contributed by atoms with Crippen LogP contribution in [-0.2, 0) is 4.79 Å². The van der Waals surface area contributed by atoms with E-state index in [0.717, 1.165) is 23.8 Å². The standard InChI is InChI=1S/C15H10ClF2NO/c16-11-3-1-2-10(8-11)4-7-15(20)19-14-9-12(17)5-6-13(14)18/h1-9H,(H,19,20)/b7-4+. The van der Waals surface area contributed by atoms with Crippen LogP contribution in [0.3, 0.4) is 0 Å². The summed E-state index contributed by atoms with van der Waals surface area (Å²) in [6.45, 7) is 0. The van der Waals surface area contributed by atoms with E-state index in [-0.39, 0.29) is 5.69 Å². The van der Waals surface area contributed by atoms with Gasteiger partial charge in [0.15, 0.2) is 0 Å². The monoisotopic (exact) mass is 293 g/mol. The Hall–Kier alpha value is -2.20. The SMILES string of the molecule is O=C(/C=C/c1cccc(Cl)c1)Nc1cc(F)ccc1F. The van der Waals surface area contributed by atoms with Crippen molar-refractivity contribution in [2.24, 2.45) is 0 Å². The van der Waals surface area contributed by atoms with Crippen molar-refractivity contribution in [1.82, 2.24) is 0 Å². The molecule has 1 N–H and O–H groups in total. The van der Waals surface area contributed by atoms with Crippen LogP contribution in [0, 0.1) is 11.6 Å². The molecule has 0 aromatic heterocycles. The number of anilines is 1. The number of hydrogen-bond acceptors (Lipinski definition) is 1. The van der Waals surface area contributed by atoms with Crippen LogP contribution in [0.5, 0.6) is 0 Å². The van der Waals surface area contributed by atoms with Gasteiger partial charge in [0.1, 0.15) is 11.6 Å². The second-order valence-corrected chi connectivity index (χ2v) is 4.44. The number of carbonyl (C=O) groups is 1. The second kappa shape index (κ2) is 6.30. The van der Waals surface area contributed by atoms with Gasteiger partial charge in [-0.2, -0.15) is 0 Å². The molecule has 0 atom stereocenters. The topological polar surface area (TPSA) is 29.1 Å². The molecule has 2 nitrogen and oxygen atoms in total. The number of amides is 1. The van der Waals surface area contributed by atoms with E-state index in [4.69, 9.17) is 11.6 Å². The van der Waals surface area contributed by atoms with Gasteiger partial charge in [-0.1, -0.05) is 23.7 Å². The van der Waals surface area contributed by atoms with Crippen molar-refractivity contribution in [3.05, 3.63) is 70.8 Å². The van der Waals surface area contributed by atoms with Crippen LogP contribution in [0.25, 0.3) is 6.08 Å². The number of hydrogen-bond donors (Lipinski definition) is 1. The first-order valence-corrected chi connectivity index (χ1v) is 6.12. The minimum absolute atomic E-state index is 0.203. The molecule has 0 spiro atoms. The number of carbonyl (C=O) groups excluding carboxylic acids is 1. The second-order valence-electron chi connectivity index (χ2n) is 4.00. The zero-order valence-corrected chi connectivity index (χ0v) is 11.0. The normalized spacial score (nSPS) is 10.8. The van der Waals surface area contributed by atoms with Gasteiger partial charge < -0.3 is 5.32 Å². The fourth-order valence-electron chi connectivity index (χ4n) is 1.55. The lowest BCUT2D eigenvalue weighted by Crippen LogP contribution is -2.09. The van der Waals surface area contributed by atoms with Gasteiger partial charge in [0.25, 0.3) is 0 Å². The molecule has 5 heteroatoms. The number of rotatable bonds is 3. The van der Waals surface area contributed by atoms with Gasteiger partial charge in [-0.15, -0.1) is 0 Å². The van der Waals surface area contributed by atoms with E-state index in [9.17, 15) is 13.6 Å². The maximum atomic E-state index is 13.3. The lowest BCUT2D eigenvalue weighted by molar-refractivity contribution is -0.111. The molecule has 2 aromatic carbocycles. The van der Waals surface area contributed by atoms with Gasteiger partial charge in [-0.3, -0.25) is 4.79 Å². The average Bonchev–Trinajstić information content (AvgIpc) is 2.41. The molecule has 0 radical (unpaired) electrons. The molecule has 0 aliphatic rings. The van der Waals surface area contributed by atoms with Crippen LogP contribution in [0.15, 0.2) is 48.5 Å². The van der Waals surface area contributed by atoms with Crippen LogP contribution in [0.4, 0.5) is 14.5 Å². The van der Waals surface area contributed by atoms with Crippen molar-refractivity contribution in [3.63, 3.8) is 0 Å². The molecule has 2 aromatic rings. The molecule has 0 aliphatic carbocycles. The Morgan fingerprint density at radius 2 is 1.95 bits per heavy atom. The highest BCUT2D eigenvalue weighted by Crippen LogP contribution is 2.16. The van der Waals surface area contributed by atoms with Gasteiger partial charge in [0.05, 0.1) is 5.69 Å². The van der Waals surface area contributed by atoms with Crippen molar-refractivity contribution in [2.45, 2.75) is 0 Å². The van der Waals surface area contributed by atoms with E-state index in [2.05, 4.69) is 5.32 Å². The summed E-state index contributed by atoms with van der Waals surface area (Å²) in [5, 5.41) is 2.81. The molecule has 0 heterocycles. The Balaban J connectivity index is 2.07. The Bertz CT molecular complexity index is 671. The van der Waals surface area contributed by atoms with Crippen molar-refractivity contribution in [1.29, 1.82) is 0 Å². The van der Waals surface area contributed by atoms with Gasteiger partial charge in [-0.05, 0) is 35.9 Å². The highest BCUT2D eigenvalue weighted by molar-refractivity contribution is 6.30. The van der Waals surface area contributed by atoms with E-state index >= 15 is 0 Å². The summed E-state index contributed by atoms with van der Waals surface area (Å²) >= 11 is 5.80. The number of halogens is 3. The first-order valence-electron chi connectivity index (χ1n) is 5.74. The van der Waals surface area contributed by atoms with E-state index < -0.39 is 17.5 Å². The molecule has 0 saturated heterocycles. The van der Waals surface area contributed by atoms with Crippen LogP contribution >= 0.6 is 11.6 Å². The summed E-state index contributed by atoms with van der Waals surface area (Å²) < 4.78 is 26.3. The minimum Gasteiger partial charge on any atom is -0.320 e. The lowest BCUT2D eigenvalue weighted by Gasteiger charge is -2.03. The summed E-state index contributed by atoms with van der Waals surface area (Å²) in [6.07, 6.45) is 2.74. The molecular formula is C15H10ClF2NO. The highest BCUT2D eigenvalue weighted by Gasteiger charge is 2.05. The Kier molecular flexibility index (Phi) is 4.48. The Morgan fingerprint density at radius 1 is 1.15 bits per heavy atom. The van der Waals surface area contributed by atoms with E-state index in [0.29, 0.717) is 5.02 Å². The van der Waals surface area contributed by atoms with Gasteiger partial charge in [-0.25, -0.2) is 8.78 Å². The van der Waals surface area contributed by atoms with Gasteiger partial charge >= 0.3 is 0 Å². The number of benzene rings is 2.